The van der Waals surface area contributed by atoms with Gasteiger partial charge >= 0.3 is 0 Å². The van der Waals surface area contributed by atoms with Crippen molar-refractivity contribution in [1.82, 2.24) is 0 Å². The van der Waals surface area contributed by atoms with Crippen molar-refractivity contribution < 1.29 is 5.11 Å². The van der Waals surface area contributed by atoms with Gasteiger partial charge in [0.1, 0.15) is 5.75 Å². The molecule has 3 rings (SSSR count). The highest BCUT2D eigenvalue weighted by Crippen LogP contribution is 2.58. The predicted molar refractivity (Wildman–Crippen MR) is 85.2 cm³/mol. The van der Waals surface area contributed by atoms with E-state index in [9.17, 15) is 5.11 Å². The molecule has 1 fully saturated rings. The molecule has 2 aliphatic rings. The summed E-state index contributed by atoms with van der Waals surface area (Å²) >= 11 is 0. The lowest BCUT2D eigenvalue weighted by Crippen LogP contribution is -2.35. The summed E-state index contributed by atoms with van der Waals surface area (Å²) in [6.45, 7) is 11.3. The summed E-state index contributed by atoms with van der Waals surface area (Å²) in [5, 5.41) is 10.7. The second-order valence-corrected chi connectivity index (χ2v) is 7.75. The van der Waals surface area contributed by atoms with Crippen LogP contribution in [0.25, 0.3) is 6.08 Å². The lowest BCUT2D eigenvalue weighted by atomic mass is 9.60. The van der Waals surface area contributed by atoms with Crippen LogP contribution in [0.2, 0.25) is 0 Å². The largest absolute Gasteiger partial charge is 0.507 e. The first-order valence-electron chi connectivity index (χ1n) is 7.86. The van der Waals surface area contributed by atoms with Gasteiger partial charge in [-0.05, 0) is 35.3 Å². The van der Waals surface area contributed by atoms with Crippen LogP contribution >= 0.6 is 0 Å². The maximum atomic E-state index is 10.7. The van der Waals surface area contributed by atoms with E-state index < -0.39 is 0 Å². The van der Waals surface area contributed by atoms with E-state index >= 15 is 0 Å². The molecule has 1 nitrogen and oxygen atoms in total. The first kappa shape index (κ1) is 13.7. The molecular formula is C19H26O. The Hall–Kier alpha value is -1.24. The average molecular weight is 270 g/mol. The fourth-order valence-corrected chi connectivity index (χ4v) is 4.40. The fraction of sp³-hybridized carbons (Fsp3) is 0.579. The molecule has 0 bridgehead atoms. The van der Waals surface area contributed by atoms with Crippen LogP contribution in [0.4, 0.5) is 0 Å². The Kier molecular flexibility index (Phi) is 2.83. The molecule has 1 N–H and O–H groups in total. The second kappa shape index (κ2) is 4.13. The summed E-state index contributed by atoms with van der Waals surface area (Å²) in [7, 11) is 0. The van der Waals surface area contributed by atoms with Crippen LogP contribution in [0, 0.1) is 5.41 Å². The van der Waals surface area contributed by atoms with E-state index in [1.54, 1.807) is 0 Å². The van der Waals surface area contributed by atoms with Crippen molar-refractivity contribution in [2.75, 3.05) is 0 Å². The highest BCUT2D eigenvalue weighted by molar-refractivity contribution is 5.76. The van der Waals surface area contributed by atoms with Crippen molar-refractivity contribution in [3.05, 3.63) is 34.4 Å². The topological polar surface area (TPSA) is 20.2 Å². The Bertz CT molecular complexity index is 592. The van der Waals surface area contributed by atoms with Gasteiger partial charge in [-0.15, -0.1) is 0 Å². The van der Waals surface area contributed by atoms with E-state index in [0.717, 1.165) is 11.1 Å². The van der Waals surface area contributed by atoms with E-state index in [2.05, 4.69) is 52.8 Å². The number of allylic oxidation sites excluding steroid dienone is 1. The van der Waals surface area contributed by atoms with E-state index in [-0.39, 0.29) is 10.8 Å². The molecule has 1 saturated carbocycles. The van der Waals surface area contributed by atoms with Gasteiger partial charge in [0.2, 0.25) is 0 Å². The van der Waals surface area contributed by atoms with E-state index in [1.807, 2.05) is 0 Å². The molecule has 1 atom stereocenters. The number of benzene rings is 1. The number of phenolic OH excluding ortho intramolecular Hbond substituents is 1. The quantitative estimate of drug-likeness (QED) is 0.726. The minimum Gasteiger partial charge on any atom is -0.507 e. The van der Waals surface area contributed by atoms with Crippen LogP contribution in [0.1, 0.15) is 76.5 Å². The first-order valence-corrected chi connectivity index (χ1v) is 7.86. The maximum absolute atomic E-state index is 10.7. The predicted octanol–water partition coefficient (Wildman–Crippen LogP) is 5.38. The molecule has 0 saturated heterocycles. The molecule has 0 aromatic heterocycles. The number of phenols is 1. The van der Waals surface area contributed by atoms with Crippen LogP contribution in [0.15, 0.2) is 17.7 Å². The van der Waals surface area contributed by atoms with Crippen LogP contribution in [-0.2, 0) is 5.41 Å². The standard InChI is InChI=1S/C19H26O/c1-12(2)13-7-8-15-14(17(13)20)11-16-18(3,4)9-6-10-19(15,16)5/h7-8,11-12,20H,6,9-10H2,1-5H3/t19-/m1/s1. The van der Waals surface area contributed by atoms with Crippen molar-refractivity contribution >= 4 is 6.08 Å². The van der Waals surface area contributed by atoms with Crippen molar-refractivity contribution in [3.8, 4) is 5.75 Å². The third-order valence-corrected chi connectivity index (χ3v) is 5.56. The van der Waals surface area contributed by atoms with E-state index in [0.29, 0.717) is 11.7 Å². The third kappa shape index (κ3) is 1.68. The lowest BCUT2D eigenvalue weighted by Gasteiger charge is -2.44. The molecule has 0 heterocycles. The Morgan fingerprint density at radius 2 is 1.80 bits per heavy atom. The van der Waals surface area contributed by atoms with Gasteiger partial charge in [0.15, 0.2) is 0 Å². The van der Waals surface area contributed by atoms with Gasteiger partial charge in [-0.1, -0.05) is 64.8 Å². The molecule has 0 radical (unpaired) electrons. The molecule has 20 heavy (non-hydrogen) atoms. The van der Waals surface area contributed by atoms with Crippen LogP contribution in [-0.4, -0.2) is 5.11 Å². The van der Waals surface area contributed by atoms with Crippen molar-refractivity contribution in [1.29, 1.82) is 0 Å². The Labute approximate surface area is 122 Å². The number of hydrogen-bond donors (Lipinski definition) is 1. The zero-order valence-electron chi connectivity index (χ0n) is 13.4. The summed E-state index contributed by atoms with van der Waals surface area (Å²) in [5.74, 6) is 0.874. The van der Waals surface area contributed by atoms with Gasteiger partial charge in [-0.25, -0.2) is 0 Å². The number of rotatable bonds is 1. The second-order valence-electron chi connectivity index (χ2n) is 7.75. The molecular weight excluding hydrogens is 244 g/mol. The molecule has 0 aliphatic heterocycles. The molecule has 1 aromatic carbocycles. The molecule has 108 valence electrons. The maximum Gasteiger partial charge on any atom is 0.126 e. The summed E-state index contributed by atoms with van der Waals surface area (Å²) in [6.07, 6.45) is 6.01. The average Bonchev–Trinajstić information content (AvgIpc) is 2.65. The smallest absolute Gasteiger partial charge is 0.126 e. The van der Waals surface area contributed by atoms with Crippen LogP contribution < -0.4 is 0 Å². The highest BCUT2D eigenvalue weighted by atomic mass is 16.3. The van der Waals surface area contributed by atoms with E-state index in [4.69, 9.17) is 0 Å². The minimum atomic E-state index is 0.129. The Balaban J connectivity index is 2.22. The van der Waals surface area contributed by atoms with Gasteiger partial charge in [0, 0.05) is 11.0 Å². The summed E-state index contributed by atoms with van der Waals surface area (Å²) in [5.41, 5.74) is 5.38. The van der Waals surface area contributed by atoms with Gasteiger partial charge < -0.3 is 5.11 Å². The molecule has 1 aromatic rings. The van der Waals surface area contributed by atoms with Gasteiger partial charge in [0.25, 0.3) is 0 Å². The summed E-state index contributed by atoms with van der Waals surface area (Å²) in [4.78, 5) is 0. The normalized spacial score (nSPS) is 27.2. The molecule has 0 spiro atoms. The molecule has 0 amide bonds. The molecule has 2 aliphatic carbocycles. The number of hydrogen-bond acceptors (Lipinski definition) is 1. The van der Waals surface area contributed by atoms with Gasteiger partial charge in [-0.3, -0.25) is 0 Å². The monoisotopic (exact) mass is 270 g/mol. The first-order chi connectivity index (χ1) is 9.27. The number of fused-ring (bicyclic) bond motifs is 3. The van der Waals surface area contributed by atoms with Crippen molar-refractivity contribution in [3.63, 3.8) is 0 Å². The van der Waals surface area contributed by atoms with Gasteiger partial charge in [-0.2, -0.15) is 0 Å². The minimum absolute atomic E-state index is 0.129. The SMILES string of the molecule is CC(C)c1ccc2c(c1O)C=C1C(C)(C)CCC[C@@]12C. The van der Waals surface area contributed by atoms with Gasteiger partial charge in [0.05, 0.1) is 0 Å². The van der Waals surface area contributed by atoms with Crippen molar-refractivity contribution in [2.45, 2.75) is 65.2 Å². The summed E-state index contributed by atoms with van der Waals surface area (Å²) < 4.78 is 0. The van der Waals surface area contributed by atoms with Crippen LogP contribution in [0.5, 0.6) is 5.75 Å². The lowest BCUT2D eigenvalue weighted by molar-refractivity contribution is 0.266. The number of aromatic hydroxyl groups is 1. The zero-order valence-corrected chi connectivity index (χ0v) is 13.4. The zero-order chi connectivity index (χ0) is 14.7. The third-order valence-electron chi connectivity index (χ3n) is 5.56. The fourth-order valence-electron chi connectivity index (χ4n) is 4.40. The van der Waals surface area contributed by atoms with Crippen LogP contribution in [0.3, 0.4) is 0 Å². The molecule has 0 unspecified atom stereocenters. The Morgan fingerprint density at radius 1 is 1.10 bits per heavy atom. The Morgan fingerprint density at radius 3 is 2.45 bits per heavy atom. The summed E-state index contributed by atoms with van der Waals surface area (Å²) in [6, 6.07) is 4.39. The molecule has 1 heteroatoms. The van der Waals surface area contributed by atoms with Crippen molar-refractivity contribution in [2.24, 2.45) is 5.41 Å². The van der Waals surface area contributed by atoms with E-state index in [1.165, 1.54) is 30.4 Å². The highest BCUT2D eigenvalue weighted by Gasteiger charge is 2.47.